The number of nitrogens with two attached hydrogens (primary N) is 1. The highest BCUT2D eigenvalue weighted by Crippen LogP contribution is 2.55. The van der Waals surface area contributed by atoms with E-state index >= 15 is 0 Å². The van der Waals surface area contributed by atoms with E-state index in [4.69, 9.17) is 5.73 Å². The van der Waals surface area contributed by atoms with E-state index in [1.165, 1.54) is 20.1 Å². The summed E-state index contributed by atoms with van der Waals surface area (Å²) in [6, 6.07) is 0. The van der Waals surface area contributed by atoms with Crippen LogP contribution >= 0.6 is 0 Å². The molecule has 0 aliphatic heterocycles. The first-order chi connectivity index (χ1) is 12.1. The molecule has 1 amide bonds. The smallest absolute Gasteiger partial charge is 0.375 e. The summed E-state index contributed by atoms with van der Waals surface area (Å²) in [4.78, 5) is 55.9. The first-order valence-corrected chi connectivity index (χ1v) is 7.87. The number of hydrogen-bond donors (Lipinski definition) is 1. The van der Waals surface area contributed by atoms with Crippen molar-refractivity contribution in [2.24, 2.45) is 28.4 Å². The Balaban J connectivity index is 0.000000263. The number of ether oxygens (including phenoxy) is 2. The number of amides is 1. The van der Waals surface area contributed by atoms with Gasteiger partial charge in [-0.3, -0.25) is 19.2 Å². The van der Waals surface area contributed by atoms with Gasteiger partial charge in [0.2, 0.25) is 5.91 Å². The largest absolute Gasteiger partial charge is 0.468 e. The van der Waals surface area contributed by atoms with Crippen LogP contribution in [0, 0.1) is 22.7 Å². The Labute approximate surface area is 151 Å². The van der Waals surface area contributed by atoms with E-state index in [1.54, 1.807) is 6.08 Å². The topological polar surface area (TPSA) is 130 Å². The van der Waals surface area contributed by atoms with Crippen molar-refractivity contribution < 1.29 is 33.4 Å². The van der Waals surface area contributed by atoms with Gasteiger partial charge in [-0.15, -0.1) is 13.2 Å². The Bertz CT molecular complexity index is 683. The normalized spacial score (nSPS) is 30.6. The molecule has 0 heterocycles. The summed E-state index contributed by atoms with van der Waals surface area (Å²) in [6.07, 6.45) is 3.89. The Kier molecular flexibility index (Phi) is 6.25. The van der Waals surface area contributed by atoms with Crippen LogP contribution in [0.1, 0.15) is 19.8 Å². The molecule has 26 heavy (non-hydrogen) atoms. The third kappa shape index (κ3) is 3.31. The van der Waals surface area contributed by atoms with Crippen molar-refractivity contribution in [1.29, 1.82) is 0 Å². The predicted octanol–water partition coefficient (Wildman–Crippen LogP) is 0.347. The van der Waals surface area contributed by atoms with Gasteiger partial charge in [0.25, 0.3) is 5.78 Å². The molecule has 0 aromatic carbocycles. The van der Waals surface area contributed by atoms with Crippen LogP contribution in [-0.2, 0) is 33.4 Å². The number of carbonyl (C=O) groups is 5. The second kappa shape index (κ2) is 7.63. The molecule has 2 saturated carbocycles. The van der Waals surface area contributed by atoms with E-state index in [0.29, 0.717) is 12.8 Å². The van der Waals surface area contributed by atoms with Crippen molar-refractivity contribution in [3.63, 3.8) is 0 Å². The minimum atomic E-state index is -1.17. The molecule has 142 valence electrons. The van der Waals surface area contributed by atoms with Crippen molar-refractivity contribution >= 4 is 29.4 Å². The molecular weight excluding hydrogens is 342 g/mol. The molecule has 8 heteroatoms. The van der Waals surface area contributed by atoms with Gasteiger partial charge >= 0.3 is 11.9 Å². The van der Waals surface area contributed by atoms with Gasteiger partial charge in [0.15, 0.2) is 5.41 Å². The number of esters is 2. The lowest BCUT2D eigenvalue weighted by Crippen LogP contribution is -2.34. The quantitative estimate of drug-likeness (QED) is 0.298. The molecule has 4 atom stereocenters. The van der Waals surface area contributed by atoms with Crippen LogP contribution in [0.15, 0.2) is 25.3 Å². The van der Waals surface area contributed by atoms with Gasteiger partial charge in [0.1, 0.15) is 11.2 Å². The Morgan fingerprint density at radius 3 is 1.69 bits per heavy atom. The minimum Gasteiger partial charge on any atom is -0.468 e. The van der Waals surface area contributed by atoms with E-state index in [1.807, 2.05) is 0 Å². The van der Waals surface area contributed by atoms with Crippen LogP contribution in [0.25, 0.3) is 0 Å². The lowest BCUT2D eigenvalue weighted by molar-refractivity contribution is -0.156. The Morgan fingerprint density at radius 2 is 1.42 bits per heavy atom. The average molecular weight is 365 g/mol. The van der Waals surface area contributed by atoms with Gasteiger partial charge < -0.3 is 15.2 Å². The van der Waals surface area contributed by atoms with Crippen molar-refractivity contribution in [3.8, 4) is 0 Å². The van der Waals surface area contributed by atoms with Crippen LogP contribution in [0.5, 0.6) is 0 Å². The molecule has 0 aromatic heterocycles. The number of primary amides is 1. The van der Waals surface area contributed by atoms with Gasteiger partial charge in [0.05, 0.1) is 14.2 Å². The lowest BCUT2D eigenvalue weighted by Gasteiger charge is -2.08. The zero-order valence-electron chi connectivity index (χ0n) is 15.1. The minimum absolute atomic E-state index is 0.151. The number of methoxy groups -OCH3 is 2. The molecule has 2 N–H and O–H groups in total. The summed E-state index contributed by atoms with van der Waals surface area (Å²) in [5, 5.41) is 0. The number of rotatable bonds is 7. The monoisotopic (exact) mass is 365 g/mol. The highest BCUT2D eigenvalue weighted by Gasteiger charge is 2.65. The van der Waals surface area contributed by atoms with Crippen molar-refractivity contribution in [2.45, 2.75) is 19.8 Å². The number of carbonyl (C=O) groups excluding carboxylic acids is 5. The van der Waals surface area contributed by atoms with E-state index < -0.39 is 34.5 Å². The summed E-state index contributed by atoms with van der Waals surface area (Å²) < 4.78 is 8.79. The maximum atomic E-state index is 11.5. The van der Waals surface area contributed by atoms with E-state index in [0.717, 1.165) is 7.11 Å². The van der Waals surface area contributed by atoms with Crippen LogP contribution in [0.4, 0.5) is 0 Å². The molecule has 2 rings (SSSR count). The zero-order valence-corrected chi connectivity index (χ0v) is 15.1. The molecule has 2 aliphatic rings. The van der Waals surface area contributed by atoms with Crippen molar-refractivity contribution in [2.75, 3.05) is 14.2 Å². The summed E-state index contributed by atoms with van der Waals surface area (Å²) in [6.45, 7) is 8.32. The van der Waals surface area contributed by atoms with Gasteiger partial charge in [-0.05, 0) is 25.7 Å². The van der Waals surface area contributed by atoms with Crippen LogP contribution in [0.3, 0.4) is 0 Å². The molecular formula is C18H23NO7. The molecule has 2 aliphatic carbocycles. The molecule has 0 bridgehead atoms. The number of hydrogen-bond acceptors (Lipinski definition) is 7. The summed E-state index contributed by atoms with van der Waals surface area (Å²) >= 11 is 0. The van der Waals surface area contributed by atoms with E-state index in [2.05, 4.69) is 22.6 Å². The van der Waals surface area contributed by atoms with E-state index in [9.17, 15) is 24.0 Å². The molecule has 0 radical (unpaired) electrons. The highest BCUT2D eigenvalue weighted by molar-refractivity contribution is 6.41. The fourth-order valence-electron chi connectivity index (χ4n) is 3.05. The van der Waals surface area contributed by atoms with Gasteiger partial charge in [-0.1, -0.05) is 12.2 Å². The average Bonchev–Trinajstić information content (AvgIpc) is 3.52. The molecule has 0 spiro atoms. The third-order valence-electron chi connectivity index (χ3n) is 4.99. The number of ketones is 2. The maximum Gasteiger partial charge on any atom is 0.375 e. The van der Waals surface area contributed by atoms with Gasteiger partial charge in [-0.2, -0.15) is 0 Å². The standard InChI is InChI=1S/C10H12O4.C8H11NO3/c1-4-7-5-10(7,6(2)11)8(12)9(13)14-3;1-3-5-4-8(5,6(9)10)7(11)12-2/h4,7H,1,5H2,2-3H3;3,5H,1,4H2,2H3,(H2,9,10)/t7-,10+;5-,8+/m00/s1. The van der Waals surface area contributed by atoms with Crippen molar-refractivity contribution in [3.05, 3.63) is 25.3 Å². The highest BCUT2D eigenvalue weighted by atomic mass is 16.5. The fourth-order valence-corrected chi connectivity index (χ4v) is 3.05. The molecule has 0 saturated heterocycles. The molecule has 0 aromatic rings. The summed E-state index contributed by atoms with van der Waals surface area (Å²) in [7, 11) is 2.37. The summed E-state index contributed by atoms with van der Waals surface area (Å²) in [5.41, 5.74) is 2.80. The Hall–Kier alpha value is -2.77. The maximum absolute atomic E-state index is 11.5. The van der Waals surface area contributed by atoms with Gasteiger partial charge in [0, 0.05) is 5.92 Å². The summed E-state index contributed by atoms with van der Waals surface area (Å²) in [5.74, 6) is -3.55. The van der Waals surface area contributed by atoms with Crippen LogP contribution in [0.2, 0.25) is 0 Å². The molecule has 8 nitrogen and oxygen atoms in total. The second-order valence-corrected chi connectivity index (χ2v) is 6.27. The third-order valence-corrected chi connectivity index (χ3v) is 4.99. The number of allylic oxidation sites excluding steroid dienone is 2. The first kappa shape index (κ1) is 21.3. The molecule has 0 unspecified atom stereocenters. The fraction of sp³-hybridized carbons (Fsp3) is 0.500. The molecule has 2 fully saturated rings. The predicted molar refractivity (Wildman–Crippen MR) is 90.4 cm³/mol. The SMILES string of the molecule is C=C[C@H]1C[C@@]1(C(N)=O)C(=O)OC.C=C[C@H]1C[C@]1(C(C)=O)C(=O)C(=O)OC. The van der Waals surface area contributed by atoms with Crippen LogP contribution < -0.4 is 5.73 Å². The van der Waals surface area contributed by atoms with Crippen LogP contribution in [-0.4, -0.2) is 43.6 Å². The Morgan fingerprint density at radius 1 is 0.962 bits per heavy atom. The van der Waals surface area contributed by atoms with Crippen molar-refractivity contribution in [1.82, 2.24) is 0 Å². The second-order valence-electron chi connectivity index (χ2n) is 6.27. The number of Topliss-reactive ketones (excluding diaryl/α,β-unsaturated/α-hetero) is 2. The first-order valence-electron chi connectivity index (χ1n) is 7.87. The van der Waals surface area contributed by atoms with Gasteiger partial charge in [-0.25, -0.2) is 4.79 Å². The lowest BCUT2D eigenvalue weighted by atomic mass is 9.93. The zero-order chi connectivity index (χ0) is 20.3. The van der Waals surface area contributed by atoms with E-state index in [-0.39, 0.29) is 17.6 Å².